The summed E-state index contributed by atoms with van der Waals surface area (Å²) in [4.78, 5) is 17.1. The van der Waals surface area contributed by atoms with Gasteiger partial charge in [0.25, 0.3) is 0 Å². The Labute approximate surface area is 233 Å². The van der Waals surface area contributed by atoms with Crippen molar-refractivity contribution in [2.24, 2.45) is 0 Å². The van der Waals surface area contributed by atoms with Gasteiger partial charge in [0.2, 0.25) is 0 Å². The fourth-order valence-electron chi connectivity index (χ4n) is 3.96. The van der Waals surface area contributed by atoms with Gasteiger partial charge >= 0.3 is 12.2 Å². The molecule has 0 aliphatic rings. The molecule has 2 aromatic heterocycles. The summed E-state index contributed by atoms with van der Waals surface area (Å²) in [6, 6.07) is 12.3. The molecule has 40 heavy (non-hydrogen) atoms. The third kappa shape index (κ3) is 7.12. The van der Waals surface area contributed by atoms with E-state index in [1.807, 2.05) is 12.1 Å². The van der Waals surface area contributed by atoms with Crippen molar-refractivity contribution in [1.29, 1.82) is 0 Å². The van der Waals surface area contributed by atoms with Gasteiger partial charge in [-0.15, -0.1) is 0 Å². The molecule has 2 aromatic carbocycles. The van der Waals surface area contributed by atoms with Gasteiger partial charge in [0.15, 0.2) is 0 Å². The van der Waals surface area contributed by atoms with Crippen molar-refractivity contribution in [3.8, 4) is 11.1 Å². The first-order valence-corrected chi connectivity index (χ1v) is 12.5. The van der Waals surface area contributed by atoms with Gasteiger partial charge in [-0.1, -0.05) is 30.3 Å². The molecule has 0 unspecified atom stereocenters. The highest BCUT2D eigenvalue weighted by Crippen LogP contribution is 2.36. The zero-order valence-corrected chi connectivity index (χ0v) is 22.3. The highest BCUT2D eigenvalue weighted by molar-refractivity contribution is 6.31. The number of rotatable bonds is 11. The van der Waals surface area contributed by atoms with Gasteiger partial charge in [0, 0.05) is 54.6 Å². The second-order valence-electron chi connectivity index (χ2n) is 8.64. The molecule has 3 N–H and O–H groups in total. The fourth-order valence-corrected chi connectivity index (χ4v) is 4.19. The second kappa shape index (κ2) is 12.9. The molecule has 0 aliphatic heterocycles. The fraction of sp³-hybridized carbons (Fsp3) is 0.214. The van der Waals surface area contributed by atoms with E-state index in [9.17, 15) is 18.0 Å². The van der Waals surface area contributed by atoms with Gasteiger partial charge < -0.3 is 25.4 Å². The lowest BCUT2D eigenvalue weighted by atomic mass is 10.1. The molecule has 1 amide bonds. The number of hydrogen-bond acceptors (Lipinski definition) is 6. The number of fused-ring (bicyclic) bond motifs is 1. The number of alkyl halides is 3. The monoisotopic (exact) mass is 573 g/mol. The van der Waals surface area contributed by atoms with Crippen LogP contribution in [0, 0.1) is 0 Å². The summed E-state index contributed by atoms with van der Waals surface area (Å²) >= 11 is 5.69. The van der Waals surface area contributed by atoms with Gasteiger partial charge in [-0.3, -0.25) is 9.55 Å². The molecule has 4 aromatic rings. The number of hydrogen-bond donors (Lipinski definition) is 3. The number of nitrogens with zero attached hydrogens (tertiary/aromatic N) is 2. The highest BCUT2D eigenvalue weighted by atomic mass is 35.5. The number of carbonyl (C=O) groups is 1. The minimum atomic E-state index is -4.57. The Kier molecular flexibility index (Phi) is 9.30. The molecule has 0 aliphatic carbocycles. The van der Waals surface area contributed by atoms with E-state index in [-0.39, 0.29) is 22.6 Å². The van der Waals surface area contributed by atoms with Gasteiger partial charge in [-0.25, -0.2) is 4.79 Å². The van der Waals surface area contributed by atoms with Crippen LogP contribution in [0.2, 0.25) is 5.02 Å². The van der Waals surface area contributed by atoms with Crippen LogP contribution in [-0.2, 0) is 15.7 Å². The largest absolute Gasteiger partial charge is 0.417 e. The van der Waals surface area contributed by atoms with Crippen molar-refractivity contribution >= 4 is 39.9 Å². The van der Waals surface area contributed by atoms with Crippen LogP contribution in [-0.4, -0.2) is 49.1 Å². The average Bonchev–Trinajstić information content (AvgIpc) is 3.31. The van der Waals surface area contributed by atoms with Crippen molar-refractivity contribution in [1.82, 2.24) is 14.9 Å². The lowest BCUT2D eigenvalue weighted by Gasteiger charge is -2.15. The van der Waals surface area contributed by atoms with Crippen LogP contribution in [0.4, 0.5) is 29.3 Å². The predicted molar refractivity (Wildman–Crippen MR) is 150 cm³/mol. The Bertz CT molecular complexity index is 1490. The molecule has 0 radical (unpaired) electrons. The van der Waals surface area contributed by atoms with E-state index in [0.29, 0.717) is 37.6 Å². The van der Waals surface area contributed by atoms with Gasteiger partial charge in [-0.05, 0) is 42.0 Å². The van der Waals surface area contributed by atoms with E-state index in [1.165, 1.54) is 16.7 Å². The quantitative estimate of drug-likeness (QED) is 0.175. The minimum Gasteiger partial charge on any atom is -0.382 e. The third-order valence-corrected chi connectivity index (χ3v) is 6.17. The summed E-state index contributed by atoms with van der Waals surface area (Å²) in [7, 11) is 1.59. The molecule has 8 nitrogen and oxygen atoms in total. The Morgan fingerprint density at radius 3 is 2.50 bits per heavy atom. The molecule has 0 saturated heterocycles. The molecular weight excluding hydrogens is 547 g/mol. The molecule has 12 heteroatoms. The van der Waals surface area contributed by atoms with Crippen LogP contribution in [0.5, 0.6) is 0 Å². The number of halogens is 4. The number of pyridine rings is 1. The maximum Gasteiger partial charge on any atom is 0.417 e. The zero-order valence-electron chi connectivity index (χ0n) is 21.5. The smallest absolute Gasteiger partial charge is 0.382 e. The summed E-state index contributed by atoms with van der Waals surface area (Å²) in [5.74, 6) is 0.270. The Morgan fingerprint density at radius 2 is 1.77 bits per heavy atom. The van der Waals surface area contributed by atoms with Crippen LogP contribution >= 0.6 is 11.6 Å². The van der Waals surface area contributed by atoms with Crippen LogP contribution in [0.3, 0.4) is 0 Å². The minimum absolute atomic E-state index is 0.186. The topological polar surface area (TPSA) is 89.4 Å². The number of benzene rings is 2. The zero-order chi connectivity index (χ0) is 28.7. The van der Waals surface area contributed by atoms with Gasteiger partial charge in [-0.2, -0.15) is 13.2 Å². The Morgan fingerprint density at radius 1 is 1.05 bits per heavy atom. The lowest BCUT2D eigenvalue weighted by Crippen LogP contribution is -2.31. The Hall–Kier alpha value is -4.06. The molecule has 0 fully saturated rings. The summed E-state index contributed by atoms with van der Waals surface area (Å²) in [5, 5.41) is 9.09. The first kappa shape index (κ1) is 28.9. The van der Waals surface area contributed by atoms with Gasteiger partial charge in [0.05, 0.1) is 35.9 Å². The van der Waals surface area contributed by atoms with Crippen molar-refractivity contribution in [2.45, 2.75) is 6.18 Å². The molecule has 0 saturated carbocycles. The molecule has 0 spiro atoms. The van der Waals surface area contributed by atoms with E-state index in [0.717, 1.165) is 22.6 Å². The average molecular weight is 574 g/mol. The van der Waals surface area contributed by atoms with Crippen LogP contribution in [0.15, 0.2) is 79.5 Å². The summed E-state index contributed by atoms with van der Waals surface area (Å²) in [5.41, 5.74) is 2.24. The number of methoxy groups -OCH3 is 1. The number of nitrogens with one attached hydrogen (secondary N) is 3. The SMILES string of the molecule is C=C(Nc1ccc(-c2cn(C(=O)NCCOCCOC)c3ccncc23)cc1)Nc1ccc(Cl)c(C(F)(F)F)c1. The molecule has 0 atom stereocenters. The molecular formula is C28H27ClF3N5O3. The number of ether oxygens (including phenoxy) is 2. The lowest BCUT2D eigenvalue weighted by molar-refractivity contribution is -0.137. The number of anilines is 2. The summed E-state index contributed by atoms with van der Waals surface area (Å²) < 4.78 is 51.3. The maximum absolute atomic E-state index is 13.2. The predicted octanol–water partition coefficient (Wildman–Crippen LogP) is 6.59. The first-order valence-electron chi connectivity index (χ1n) is 12.2. The molecule has 0 bridgehead atoms. The maximum atomic E-state index is 13.2. The second-order valence-corrected chi connectivity index (χ2v) is 9.05. The summed E-state index contributed by atoms with van der Waals surface area (Å²) in [6.07, 6.45) is 0.488. The van der Waals surface area contributed by atoms with E-state index < -0.39 is 11.7 Å². The normalized spacial score (nSPS) is 11.4. The van der Waals surface area contributed by atoms with Crippen molar-refractivity contribution < 1.29 is 27.4 Å². The molecule has 4 rings (SSSR count). The number of aromatic nitrogens is 2. The van der Waals surface area contributed by atoms with Crippen LogP contribution < -0.4 is 16.0 Å². The van der Waals surface area contributed by atoms with Crippen molar-refractivity contribution in [2.75, 3.05) is 44.1 Å². The first-order chi connectivity index (χ1) is 19.2. The standard InChI is InChI=1S/C28H27ClF3N5O3/c1-18(36-21-7-8-25(29)24(15-21)28(30,31)32)35-20-5-3-19(4-6-20)23-17-37(26-9-10-33-16-22(23)26)27(38)34-11-12-40-14-13-39-2/h3-10,15-17,35-36H,1,11-14H2,2H3,(H,34,38). The van der Waals surface area contributed by atoms with Crippen LogP contribution in [0.1, 0.15) is 5.56 Å². The molecule has 2 heterocycles. The van der Waals surface area contributed by atoms with Crippen molar-refractivity contribution in [3.05, 3.63) is 90.1 Å². The molecule has 210 valence electrons. The van der Waals surface area contributed by atoms with Crippen molar-refractivity contribution in [3.63, 3.8) is 0 Å². The van der Waals surface area contributed by atoms with E-state index in [2.05, 4.69) is 27.5 Å². The van der Waals surface area contributed by atoms with E-state index >= 15 is 0 Å². The number of amides is 1. The summed E-state index contributed by atoms with van der Waals surface area (Å²) in [6.45, 7) is 5.47. The Balaban J connectivity index is 1.44. The third-order valence-electron chi connectivity index (χ3n) is 5.84. The highest BCUT2D eigenvalue weighted by Gasteiger charge is 2.33. The number of carbonyl (C=O) groups excluding carboxylic acids is 1. The van der Waals surface area contributed by atoms with E-state index in [4.69, 9.17) is 21.1 Å². The van der Waals surface area contributed by atoms with E-state index in [1.54, 1.807) is 43.9 Å². The van der Waals surface area contributed by atoms with Gasteiger partial charge in [0.1, 0.15) is 5.82 Å². The van der Waals surface area contributed by atoms with Crippen LogP contribution in [0.25, 0.3) is 22.0 Å².